The maximum absolute atomic E-state index is 12.3. The first-order valence-corrected chi connectivity index (χ1v) is 9.88. The van der Waals surface area contributed by atoms with Gasteiger partial charge in [-0.05, 0) is 56.0 Å². The van der Waals surface area contributed by atoms with Gasteiger partial charge in [0.2, 0.25) is 5.91 Å². The van der Waals surface area contributed by atoms with Crippen LogP contribution in [0.4, 0.5) is 5.69 Å². The molecule has 3 heteroatoms. The van der Waals surface area contributed by atoms with Gasteiger partial charge in [0.15, 0.2) is 0 Å². The van der Waals surface area contributed by atoms with Gasteiger partial charge in [0.05, 0.1) is 0 Å². The fraction of sp³-hybridized carbons (Fsp3) is 0.435. The highest BCUT2D eigenvalue weighted by Crippen LogP contribution is 2.22. The van der Waals surface area contributed by atoms with Gasteiger partial charge >= 0.3 is 0 Å². The lowest BCUT2D eigenvalue weighted by Crippen LogP contribution is -2.42. The quantitative estimate of drug-likeness (QED) is 0.740. The fourth-order valence-corrected chi connectivity index (χ4v) is 3.80. The first kappa shape index (κ1) is 18.7. The molecule has 0 unspecified atom stereocenters. The van der Waals surface area contributed by atoms with Gasteiger partial charge in [0, 0.05) is 25.2 Å². The van der Waals surface area contributed by atoms with Crippen molar-refractivity contribution in [3.05, 3.63) is 66.2 Å². The van der Waals surface area contributed by atoms with Gasteiger partial charge in [-0.25, -0.2) is 0 Å². The SMILES string of the molecule is CCC(=O)N(CCN1CCC(Cc2ccccc2)CC1)c1ccccc1. The van der Waals surface area contributed by atoms with E-state index in [1.54, 1.807) is 0 Å². The van der Waals surface area contributed by atoms with E-state index in [9.17, 15) is 4.79 Å². The zero-order chi connectivity index (χ0) is 18.2. The van der Waals surface area contributed by atoms with Gasteiger partial charge in [0.1, 0.15) is 0 Å². The summed E-state index contributed by atoms with van der Waals surface area (Å²) in [5.74, 6) is 0.992. The Hall–Kier alpha value is -2.13. The van der Waals surface area contributed by atoms with Crippen LogP contribution in [-0.2, 0) is 11.2 Å². The molecule has 0 atom stereocenters. The number of carbonyl (C=O) groups excluding carboxylic acids is 1. The monoisotopic (exact) mass is 350 g/mol. The van der Waals surface area contributed by atoms with Crippen molar-refractivity contribution in [1.82, 2.24) is 4.90 Å². The van der Waals surface area contributed by atoms with Crippen LogP contribution in [0.2, 0.25) is 0 Å². The molecule has 2 aromatic carbocycles. The van der Waals surface area contributed by atoms with E-state index in [0.717, 1.165) is 37.8 Å². The molecular weight excluding hydrogens is 320 g/mol. The van der Waals surface area contributed by atoms with Crippen LogP contribution in [0.5, 0.6) is 0 Å². The molecule has 0 aromatic heterocycles. The van der Waals surface area contributed by atoms with Crippen LogP contribution in [0.1, 0.15) is 31.7 Å². The lowest BCUT2D eigenvalue weighted by Gasteiger charge is -2.33. The number of amides is 1. The lowest BCUT2D eigenvalue weighted by molar-refractivity contribution is -0.118. The van der Waals surface area contributed by atoms with Crippen molar-refractivity contribution in [2.24, 2.45) is 5.92 Å². The molecule has 26 heavy (non-hydrogen) atoms. The number of benzene rings is 2. The molecule has 0 radical (unpaired) electrons. The summed E-state index contributed by atoms with van der Waals surface area (Å²) in [6.07, 6.45) is 4.25. The highest BCUT2D eigenvalue weighted by Gasteiger charge is 2.21. The topological polar surface area (TPSA) is 23.6 Å². The Kier molecular flexibility index (Phi) is 6.84. The Morgan fingerprint density at radius 2 is 1.62 bits per heavy atom. The Balaban J connectivity index is 1.48. The van der Waals surface area contributed by atoms with Crippen LogP contribution in [0, 0.1) is 5.92 Å². The lowest BCUT2D eigenvalue weighted by atomic mass is 9.90. The zero-order valence-corrected chi connectivity index (χ0v) is 15.8. The van der Waals surface area contributed by atoms with Crippen molar-refractivity contribution >= 4 is 11.6 Å². The summed E-state index contributed by atoms with van der Waals surface area (Å²) in [4.78, 5) is 16.8. The summed E-state index contributed by atoms with van der Waals surface area (Å²) in [6, 6.07) is 20.9. The van der Waals surface area contributed by atoms with Crippen molar-refractivity contribution in [2.45, 2.75) is 32.6 Å². The summed E-state index contributed by atoms with van der Waals surface area (Å²) in [6.45, 7) is 5.95. The molecule has 1 amide bonds. The molecule has 1 aliphatic rings. The Labute approximate surface area is 157 Å². The molecule has 0 N–H and O–H groups in total. The number of nitrogens with zero attached hydrogens (tertiary/aromatic N) is 2. The Bertz CT molecular complexity index is 663. The number of anilines is 1. The molecule has 1 aliphatic heterocycles. The summed E-state index contributed by atoms with van der Waals surface area (Å²) in [7, 11) is 0. The van der Waals surface area contributed by atoms with E-state index in [2.05, 4.69) is 35.2 Å². The van der Waals surface area contributed by atoms with E-state index in [0.29, 0.717) is 6.42 Å². The van der Waals surface area contributed by atoms with Gasteiger partial charge in [-0.3, -0.25) is 4.79 Å². The second-order valence-electron chi connectivity index (χ2n) is 7.21. The summed E-state index contributed by atoms with van der Waals surface area (Å²) in [5, 5.41) is 0. The molecule has 1 fully saturated rings. The van der Waals surface area contributed by atoms with E-state index < -0.39 is 0 Å². The van der Waals surface area contributed by atoms with Gasteiger partial charge in [-0.2, -0.15) is 0 Å². The first-order chi connectivity index (χ1) is 12.8. The minimum absolute atomic E-state index is 0.204. The van der Waals surface area contributed by atoms with E-state index in [4.69, 9.17) is 0 Å². The predicted molar refractivity (Wildman–Crippen MR) is 108 cm³/mol. The summed E-state index contributed by atoms with van der Waals surface area (Å²) >= 11 is 0. The molecular formula is C23H30N2O. The van der Waals surface area contributed by atoms with Crippen LogP contribution in [-0.4, -0.2) is 37.0 Å². The molecule has 1 heterocycles. The van der Waals surface area contributed by atoms with E-state index in [1.807, 2.05) is 42.2 Å². The smallest absolute Gasteiger partial charge is 0.226 e. The molecule has 138 valence electrons. The number of para-hydroxylation sites is 1. The first-order valence-electron chi connectivity index (χ1n) is 9.88. The third kappa shape index (κ3) is 5.18. The second-order valence-corrected chi connectivity index (χ2v) is 7.21. The maximum Gasteiger partial charge on any atom is 0.226 e. The van der Waals surface area contributed by atoms with E-state index in [1.165, 1.54) is 24.8 Å². The number of hydrogen-bond acceptors (Lipinski definition) is 2. The number of likely N-dealkylation sites (tertiary alicyclic amines) is 1. The van der Waals surface area contributed by atoms with Gasteiger partial charge in [-0.1, -0.05) is 55.5 Å². The molecule has 0 bridgehead atoms. The largest absolute Gasteiger partial charge is 0.311 e. The molecule has 0 saturated carbocycles. The minimum Gasteiger partial charge on any atom is -0.311 e. The highest BCUT2D eigenvalue weighted by molar-refractivity contribution is 5.93. The van der Waals surface area contributed by atoms with Crippen molar-refractivity contribution in [1.29, 1.82) is 0 Å². The third-order valence-electron chi connectivity index (χ3n) is 5.39. The van der Waals surface area contributed by atoms with Crippen molar-refractivity contribution in [3.63, 3.8) is 0 Å². The van der Waals surface area contributed by atoms with Crippen molar-refractivity contribution in [2.75, 3.05) is 31.1 Å². The molecule has 3 rings (SSSR count). The Morgan fingerprint density at radius 1 is 1.00 bits per heavy atom. The van der Waals surface area contributed by atoms with Crippen molar-refractivity contribution < 1.29 is 4.79 Å². The standard InChI is InChI=1S/C23H30N2O/c1-2-23(26)25(22-11-7-4-8-12-22)18-17-24-15-13-21(14-16-24)19-20-9-5-3-6-10-20/h3-12,21H,2,13-19H2,1H3. The predicted octanol–water partition coefficient (Wildman–Crippen LogP) is 4.38. The zero-order valence-electron chi connectivity index (χ0n) is 15.8. The van der Waals surface area contributed by atoms with Gasteiger partial charge < -0.3 is 9.80 Å². The summed E-state index contributed by atoms with van der Waals surface area (Å²) in [5.41, 5.74) is 2.47. The van der Waals surface area contributed by atoms with E-state index >= 15 is 0 Å². The molecule has 0 spiro atoms. The number of rotatable bonds is 7. The van der Waals surface area contributed by atoms with Crippen LogP contribution in [0.25, 0.3) is 0 Å². The Morgan fingerprint density at radius 3 is 2.23 bits per heavy atom. The normalized spacial score (nSPS) is 15.7. The van der Waals surface area contributed by atoms with Gasteiger partial charge in [0.25, 0.3) is 0 Å². The molecule has 3 nitrogen and oxygen atoms in total. The molecule has 0 aliphatic carbocycles. The molecule has 1 saturated heterocycles. The molecule has 2 aromatic rings. The number of piperidine rings is 1. The maximum atomic E-state index is 12.3. The van der Waals surface area contributed by atoms with Crippen LogP contribution in [0.15, 0.2) is 60.7 Å². The third-order valence-corrected chi connectivity index (χ3v) is 5.39. The fourth-order valence-electron chi connectivity index (χ4n) is 3.80. The summed E-state index contributed by atoms with van der Waals surface area (Å²) < 4.78 is 0. The second kappa shape index (κ2) is 9.54. The van der Waals surface area contributed by atoms with Crippen LogP contribution in [0.3, 0.4) is 0 Å². The van der Waals surface area contributed by atoms with Crippen LogP contribution < -0.4 is 4.90 Å². The average Bonchev–Trinajstić information content (AvgIpc) is 2.71. The minimum atomic E-state index is 0.204. The van der Waals surface area contributed by atoms with E-state index in [-0.39, 0.29) is 5.91 Å². The highest BCUT2D eigenvalue weighted by atomic mass is 16.2. The van der Waals surface area contributed by atoms with Crippen molar-refractivity contribution in [3.8, 4) is 0 Å². The average molecular weight is 351 g/mol. The number of hydrogen-bond donors (Lipinski definition) is 0. The van der Waals surface area contributed by atoms with Gasteiger partial charge in [-0.15, -0.1) is 0 Å². The van der Waals surface area contributed by atoms with Crippen LogP contribution >= 0.6 is 0 Å². The number of carbonyl (C=O) groups is 1.